The molecular weight excluding hydrogens is 316 g/mol. The summed E-state index contributed by atoms with van der Waals surface area (Å²) in [5.41, 5.74) is 1.70. The molecule has 5 atom stereocenters. The molecule has 146 valence electrons. The predicted octanol–water partition coefficient (Wildman–Crippen LogP) is 7.45. The molecule has 0 aromatic heterocycles. The van der Waals surface area contributed by atoms with E-state index in [1.807, 2.05) is 0 Å². The first-order valence-electron chi connectivity index (χ1n) is 11.2. The summed E-state index contributed by atoms with van der Waals surface area (Å²) in [6, 6.07) is 0. The van der Waals surface area contributed by atoms with Crippen LogP contribution < -0.4 is 0 Å². The lowest BCUT2D eigenvalue weighted by Crippen LogP contribution is -2.38. The van der Waals surface area contributed by atoms with Crippen molar-refractivity contribution in [3.05, 3.63) is 35.6 Å². The average Bonchev–Trinajstić information content (AvgIpc) is 3.45. The van der Waals surface area contributed by atoms with Gasteiger partial charge >= 0.3 is 0 Å². The maximum atomic E-state index is 6.75. The average molecular weight is 357 g/mol. The van der Waals surface area contributed by atoms with E-state index in [1.54, 1.807) is 5.57 Å². The van der Waals surface area contributed by atoms with Gasteiger partial charge < -0.3 is 4.74 Å². The Hall–Kier alpha value is -0.980. The van der Waals surface area contributed by atoms with Crippen molar-refractivity contribution in [2.24, 2.45) is 29.6 Å². The van der Waals surface area contributed by atoms with Gasteiger partial charge in [-0.2, -0.15) is 0 Å². The smallest absolute Gasteiger partial charge is 0.109 e. The van der Waals surface area contributed by atoms with Crippen LogP contribution in [0.25, 0.3) is 0 Å². The van der Waals surface area contributed by atoms with Crippen molar-refractivity contribution in [3.8, 4) is 0 Å². The topological polar surface area (TPSA) is 9.23 Å². The van der Waals surface area contributed by atoms with Crippen LogP contribution in [0.5, 0.6) is 0 Å². The van der Waals surface area contributed by atoms with Crippen LogP contribution in [0.1, 0.15) is 86.0 Å². The summed E-state index contributed by atoms with van der Waals surface area (Å²) in [7, 11) is 0. The van der Waals surface area contributed by atoms with Crippen molar-refractivity contribution >= 4 is 0 Å². The molecule has 1 heteroatoms. The monoisotopic (exact) mass is 356 g/mol. The summed E-state index contributed by atoms with van der Waals surface area (Å²) < 4.78 is 6.75. The lowest BCUT2D eigenvalue weighted by Gasteiger charge is -2.39. The van der Waals surface area contributed by atoms with Gasteiger partial charge in [0.25, 0.3) is 0 Å². The van der Waals surface area contributed by atoms with Gasteiger partial charge in [0, 0.05) is 11.8 Å². The molecule has 1 saturated carbocycles. The quantitative estimate of drug-likeness (QED) is 0.390. The molecule has 1 nitrogen and oxygen atoms in total. The molecule has 0 N–H and O–H groups in total. The Morgan fingerprint density at radius 1 is 1.15 bits per heavy atom. The Balaban J connectivity index is 1.67. The van der Waals surface area contributed by atoms with E-state index in [0.717, 1.165) is 24.2 Å². The predicted molar refractivity (Wildman–Crippen MR) is 112 cm³/mol. The highest BCUT2D eigenvalue weighted by molar-refractivity contribution is 5.34. The molecule has 0 spiro atoms. The van der Waals surface area contributed by atoms with E-state index in [4.69, 9.17) is 4.74 Å². The lowest BCUT2D eigenvalue weighted by molar-refractivity contribution is -0.0454. The maximum Gasteiger partial charge on any atom is 0.109 e. The van der Waals surface area contributed by atoms with Gasteiger partial charge in [-0.3, -0.25) is 0 Å². The number of rotatable bonds is 9. The minimum absolute atomic E-state index is 0.00223. The van der Waals surface area contributed by atoms with Crippen LogP contribution in [-0.4, -0.2) is 5.60 Å². The zero-order valence-corrected chi connectivity index (χ0v) is 17.8. The molecule has 0 aromatic rings. The Morgan fingerprint density at radius 3 is 2.58 bits per heavy atom. The number of hydrogen-bond donors (Lipinski definition) is 0. The Morgan fingerprint density at radius 2 is 1.96 bits per heavy atom. The van der Waals surface area contributed by atoms with Crippen LogP contribution in [0.2, 0.25) is 0 Å². The third-order valence-corrected chi connectivity index (χ3v) is 7.38. The molecule has 5 unspecified atom stereocenters. The minimum Gasteiger partial charge on any atom is -0.491 e. The van der Waals surface area contributed by atoms with Gasteiger partial charge in [-0.1, -0.05) is 64.3 Å². The van der Waals surface area contributed by atoms with Crippen molar-refractivity contribution in [2.75, 3.05) is 0 Å². The summed E-state index contributed by atoms with van der Waals surface area (Å²) >= 11 is 0. The van der Waals surface area contributed by atoms with Crippen LogP contribution in [0.3, 0.4) is 0 Å². The number of hydrogen-bond acceptors (Lipinski definition) is 1. The second-order valence-electron chi connectivity index (χ2n) is 9.51. The van der Waals surface area contributed by atoms with Crippen LogP contribution in [0.4, 0.5) is 0 Å². The van der Waals surface area contributed by atoms with Gasteiger partial charge in [-0.05, 0) is 69.3 Å². The van der Waals surface area contributed by atoms with Crippen LogP contribution in [0.15, 0.2) is 35.6 Å². The number of ether oxygens (including phenoxy) is 1. The van der Waals surface area contributed by atoms with Gasteiger partial charge in [0.2, 0.25) is 0 Å². The van der Waals surface area contributed by atoms with Crippen molar-refractivity contribution in [1.82, 2.24) is 0 Å². The van der Waals surface area contributed by atoms with E-state index < -0.39 is 0 Å². The van der Waals surface area contributed by atoms with Crippen molar-refractivity contribution in [3.63, 3.8) is 0 Å². The molecule has 26 heavy (non-hydrogen) atoms. The minimum atomic E-state index is -0.00223. The van der Waals surface area contributed by atoms with E-state index >= 15 is 0 Å². The highest BCUT2D eigenvalue weighted by Gasteiger charge is 2.47. The van der Waals surface area contributed by atoms with E-state index in [2.05, 4.69) is 58.9 Å². The summed E-state index contributed by atoms with van der Waals surface area (Å²) in [6.07, 6.45) is 19.5. The van der Waals surface area contributed by atoms with Crippen LogP contribution in [0, 0.1) is 29.6 Å². The third-order valence-electron chi connectivity index (χ3n) is 7.38. The standard InChI is InChI=1S/C25H40O/c1-6-11-19(18(3)4)16-20-14-15-24(23-17-22(20)23)26-25(5,7-2)21-12-9-8-10-13-21/h8-9,14-15,18-19,21-23H,6-7,10-13,16-17H2,1-5H3. The molecular formula is C25H40O. The highest BCUT2D eigenvalue weighted by Crippen LogP contribution is 2.55. The first-order chi connectivity index (χ1) is 12.5. The van der Waals surface area contributed by atoms with Gasteiger partial charge in [-0.15, -0.1) is 0 Å². The summed E-state index contributed by atoms with van der Waals surface area (Å²) in [5.74, 6) is 5.04. The summed E-state index contributed by atoms with van der Waals surface area (Å²) in [5, 5.41) is 0. The third kappa shape index (κ3) is 4.29. The lowest BCUT2D eigenvalue weighted by atomic mass is 9.78. The molecule has 0 bridgehead atoms. The van der Waals surface area contributed by atoms with Gasteiger partial charge in [0.1, 0.15) is 11.4 Å². The zero-order valence-electron chi connectivity index (χ0n) is 17.8. The van der Waals surface area contributed by atoms with E-state index in [0.29, 0.717) is 11.8 Å². The molecule has 0 amide bonds. The Bertz CT molecular complexity index is 567. The fourth-order valence-corrected chi connectivity index (χ4v) is 5.09. The number of allylic oxidation sites excluding steroid dienone is 6. The SMILES string of the molecule is CCCC(CC1=CC=C(OC(C)(CC)C2CC=CCC2)C2CC12)C(C)C. The molecule has 0 saturated heterocycles. The van der Waals surface area contributed by atoms with Gasteiger partial charge in [0.15, 0.2) is 0 Å². The number of fused-ring (bicyclic) bond motifs is 1. The van der Waals surface area contributed by atoms with Crippen LogP contribution in [-0.2, 0) is 4.74 Å². The van der Waals surface area contributed by atoms with E-state index in [1.165, 1.54) is 50.7 Å². The zero-order chi connectivity index (χ0) is 18.7. The fraction of sp³-hybridized carbons (Fsp3) is 0.760. The molecule has 1 fully saturated rings. The second-order valence-corrected chi connectivity index (χ2v) is 9.51. The van der Waals surface area contributed by atoms with Crippen molar-refractivity contribution in [2.45, 2.75) is 91.6 Å². The molecule has 0 aliphatic heterocycles. The summed E-state index contributed by atoms with van der Waals surface area (Å²) in [4.78, 5) is 0. The molecule has 3 rings (SSSR count). The first-order valence-corrected chi connectivity index (χ1v) is 11.2. The molecule has 0 radical (unpaired) electrons. The van der Waals surface area contributed by atoms with Crippen LogP contribution >= 0.6 is 0 Å². The van der Waals surface area contributed by atoms with E-state index in [9.17, 15) is 0 Å². The molecule has 0 heterocycles. The fourth-order valence-electron chi connectivity index (χ4n) is 5.09. The molecule has 3 aliphatic rings. The first kappa shape index (κ1) is 19.8. The summed E-state index contributed by atoms with van der Waals surface area (Å²) in [6.45, 7) is 11.8. The largest absolute Gasteiger partial charge is 0.491 e. The molecule has 3 aliphatic carbocycles. The normalized spacial score (nSPS) is 30.9. The molecule has 0 aromatic carbocycles. The Labute approximate surface area is 162 Å². The van der Waals surface area contributed by atoms with Crippen molar-refractivity contribution < 1.29 is 4.74 Å². The second kappa shape index (κ2) is 8.36. The maximum absolute atomic E-state index is 6.75. The van der Waals surface area contributed by atoms with Gasteiger partial charge in [-0.25, -0.2) is 0 Å². The van der Waals surface area contributed by atoms with Gasteiger partial charge in [0.05, 0.1) is 0 Å². The Kier molecular flexibility index (Phi) is 6.36. The van der Waals surface area contributed by atoms with E-state index in [-0.39, 0.29) is 5.60 Å². The highest BCUT2D eigenvalue weighted by atomic mass is 16.5. The van der Waals surface area contributed by atoms with Crippen molar-refractivity contribution in [1.29, 1.82) is 0 Å².